The summed E-state index contributed by atoms with van der Waals surface area (Å²) in [5, 5.41) is 14.3. The lowest BCUT2D eigenvalue weighted by molar-refractivity contribution is 0.195. The molecular weight excluding hydrogens is 396 g/mol. The van der Waals surface area contributed by atoms with Gasteiger partial charge in [-0.3, -0.25) is 0 Å². The molecule has 7 heteroatoms. The van der Waals surface area contributed by atoms with Gasteiger partial charge in [-0.15, -0.1) is 10.2 Å². The third kappa shape index (κ3) is 4.33. The summed E-state index contributed by atoms with van der Waals surface area (Å²) in [7, 11) is 1.73. The molecule has 0 bridgehead atoms. The number of nitrogens with two attached hydrogens (primary N) is 1. The van der Waals surface area contributed by atoms with E-state index in [0.29, 0.717) is 17.5 Å². The summed E-state index contributed by atoms with van der Waals surface area (Å²) in [5.41, 5.74) is 11.7. The number of fused-ring (bicyclic) bond motifs is 1. The highest BCUT2D eigenvalue weighted by Crippen LogP contribution is 2.40. The van der Waals surface area contributed by atoms with Gasteiger partial charge in [-0.1, -0.05) is 29.5 Å². The van der Waals surface area contributed by atoms with Crippen molar-refractivity contribution in [2.24, 2.45) is 0 Å². The van der Waals surface area contributed by atoms with Crippen molar-refractivity contribution in [3.8, 4) is 26.9 Å². The van der Waals surface area contributed by atoms with Gasteiger partial charge in [-0.05, 0) is 56.0 Å². The lowest BCUT2D eigenvalue weighted by atomic mass is 10.0. The van der Waals surface area contributed by atoms with Crippen molar-refractivity contribution in [3.05, 3.63) is 47.5 Å². The van der Waals surface area contributed by atoms with E-state index in [1.807, 2.05) is 32.0 Å². The van der Waals surface area contributed by atoms with Gasteiger partial charge < -0.3 is 20.5 Å². The second kappa shape index (κ2) is 9.12. The standard InChI is InChI=1S/C23H28N4O2S/c1-14(2)29-21-10-7-15(13-19(21)24)22-26-27-23(30-22)18-6-4-5-17-16(18)8-9-20(17)25-11-12-28-3/h4-7,10,13-14,20,25H,8-9,11-12,24H2,1-3H3. The van der Waals surface area contributed by atoms with Crippen molar-refractivity contribution in [2.45, 2.75) is 38.8 Å². The third-order valence-corrected chi connectivity index (χ3v) is 6.25. The Balaban J connectivity index is 1.57. The van der Waals surface area contributed by atoms with E-state index in [1.165, 1.54) is 16.7 Å². The molecule has 30 heavy (non-hydrogen) atoms. The van der Waals surface area contributed by atoms with Crippen LogP contribution in [0, 0.1) is 0 Å². The van der Waals surface area contributed by atoms with E-state index < -0.39 is 0 Å². The van der Waals surface area contributed by atoms with E-state index in [0.717, 1.165) is 41.6 Å². The first-order chi connectivity index (χ1) is 14.6. The van der Waals surface area contributed by atoms with Gasteiger partial charge in [0.15, 0.2) is 0 Å². The molecule has 0 saturated heterocycles. The van der Waals surface area contributed by atoms with Crippen LogP contribution >= 0.6 is 11.3 Å². The quantitative estimate of drug-likeness (QED) is 0.410. The molecule has 0 spiro atoms. The molecule has 1 heterocycles. The number of anilines is 1. The second-order valence-corrected chi connectivity index (χ2v) is 8.72. The number of ether oxygens (including phenoxy) is 2. The number of nitrogen functional groups attached to an aromatic ring is 1. The summed E-state index contributed by atoms with van der Waals surface area (Å²) in [5.74, 6) is 0.700. The Morgan fingerprint density at radius 3 is 2.80 bits per heavy atom. The van der Waals surface area contributed by atoms with E-state index in [1.54, 1.807) is 18.4 Å². The van der Waals surface area contributed by atoms with Gasteiger partial charge in [-0.2, -0.15) is 0 Å². The third-order valence-electron chi connectivity index (χ3n) is 5.24. The van der Waals surface area contributed by atoms with E-state index in [2.05, 4.69) is 33.7 Å². The molecule has 3 N–H and O–H groups in total. The van der Waals surface area contributed by atoms with Crippen LogP contribution in [0.1, 0.15) is 37.4 Å². The van der Waals surface area contributed by atoms with Crippen molar-refractivity contribution in [1.29, 1.82) is 0 Å². The number of hydrogen-bond donors (Lipinski definition) is 2. The Hall–Kier alpha value is -2.48. The number of rotatable bonds is 8. The molecule has 2 aromatic carbocycles. The van der Waals surface area contributed by atoms with Gasteiger partial charge >= 0.3 is 0 Å². The maximum absolute atomic E-state index is 6.18. The number of hydrogen-bond acceptors (Lipinski definition) is 7. The highest BCUT2D eigenvalue weighted by Gasteiger charge is 2.25. The first kappa shape index (κ1) is 20.8. The minimum Gasteiger partial charge on any atom is -0.489 e. The minimum atomic E-state index is 0.0827. The number of nitrogens with zero attached hydrogens (tertiary/aromatic N) is 2. The molecule has 0 amide bonds. The molecule has 0 radical (unpaired) electrons. The summed E-state index contributed by atoms with van der Waals surface area (Å²) in [6.07, 6.45) is 2.22. The Kier molecular flexibility index (Phi) is 6.32. The second-order valence-electron chi connectivity index (χ2n) is 7.74. The van der Waals surface area contributed by atoms with Crippen LogP contribution in [-0.4, -0.2) is 36.6 Å². The van der Waals surface area contributed by atoms with Crippen LogP contribution in [0.15, 0.2) is 36.4 Å². The zero-order valence-electron chi connectivity index (χ0n) is 17.6. The van der Waals surface area contributed by atoms with Crippen LogP contribution in [0.3, 0.4) is 0 Å². The van der Waals surface area contributed by atoms with Crippen LogP contribution in [0.25, 0.3) is 21.1 Å². The molecule has 0 saturated carbocycles. The monoisotopic (exact) mass is 424 g/mol. The van der Waals surface area contributed by atoms with Crippen molar-refractivity contribution in [3.63, 3.8) is 0 Å². The zero-order valence-corrected chi connectivity index (χ0v) is 18.5. The van der Waals surface area contributed by atoms with Crippen LogP contribution in [-0.2, 0) is 11.2 Å². The fourth-order valence-electron chi connectivity index (χ4n) is 3.89. The molecule has 3 aromatic rings. The number of aromatic nitrogens is 2. The average molecular weight is 425 g/mol. The predicted octanol–water partition coefficient (Wildman–Crippen LogP) is 4.46. The van der Waals surface area contributed by atoms with Crippen LogP contribution in [0.5, 0.6) is 5.75 Å². The summed E-state index contributed by atoms with van der Waals surface area (Å²) < 4.78 is 10.9. The molecule has 1 aromatic heterocycles. The first-order valence-electron chi connectivity index (χ1n) is 10.3. The molecule has 0 fully saturated rings. The van der Waals surface area contributed by atoms with E-state index in [4.69, 9.17) is 15.2 Å². The number of methoxy groups -OCH3 is 1. The smallest absolute Gasteiger partial charge is 0.148 e. The lowest BCUT2D eigenvalue weighted by Gasteiger charge is -2.14. The van der Waals surface area contributed by atoms with E-state index in [9.17, 15) is 0 Å². The minimum absolute atomic E-state index is 0.0827. The normalized spacial score (nSPS) is 15.5. The Labute approximate surface area is 181 Å². The molecule has 4 rings (SSSR count). The van der Waals surface area contributed by atoms with Gasteiger partial charge in [0.05, 0.1) is 18.4 Å². The van der Waals surface area contributed by atoms with E-state index in [-0.39, 0.29) is 6.10 Å². The van der Waals surface area contributed by atoms with Crippen molar-refractivity contribution < 1.29 is 9.47 Å². The Morgan fingerprint density at radius 2 is 2.03 bits per heavy atom. The van der Waals surface area contributed by atoms with Crippen molar-refractivity contribution >= 4 is 17.0 Å². The summed E-state index contributed by atoms with van der Waals surface area (Å²) in [6.45, 7) is 5.54. The molecular formula is C23H28N4O2S. The van der Waals surface area contributed by atoms with Gasteiger partial charge in [0.1, 0.15) is 15.8 Å². The highest BCUT2D eigenvalue weighted by atomic mass is 32.1. The van der Waals surface area contributed by atoms with Gasteiger partial charge in [0.25, 0.3) is 0 Å². The Morgan fingerprint density at radius 1 is 1.20 bits per heavy atom. The molecule has 1 atom stereocenters. The van der Waals surface area contributed by atoms with Gasteiger partial charge in [-0.25, -0.2) is 0 Å². The summed E-state index contributed by atoms with van der Waals surface area (Å²) in [6, 6.07) is 12.7. The van der Waals surface area contributed by atoms with Crippen LogP contribution < -0.4 is 15.8 Å². The van der Waals surface area contributed by atoms with Crippen LogP contribution in [0.2, 0.25) is 0 Å². The molecule has 1 aliphatic rings. The fraction of sp³-hybridized carbons (Fsp3) is 0.391. The maximum atomic E-state index is 6.18. The Bertz CT molecular complexity index is 1020. The van der Waals surface area contributed by atoms with Crippen LogP contribution in [0.4, 0.5) is 5.69 Å². The first-order valence-corrected chi connectivity index (χ1v) is 11.1. The van der Waals surface area contributed by atoms with Crippen molar-refractivity contribution in [2.75, 3.05) is 26.0 Å². The largest absolute Gasteiger partial charge is 0.489 e. The molecule has 1 unspecified atom stereocenters. The average Bonchev–Trinajstić information content (AvgIpc) is 3.37. The molecule has 158 valence electrons. The number of benzene rings is 2. The SMILES string of the molecule is COCCNC1CCc2c(-c3nnc(-c4ccc(OC(C)C)c(N)c4)s3)cccc21. The van der Waals surface area contributed by atoms with Crippen molar-refractivity contribution in [1.82, 2.24) is 15.5 Å². The molecule has 6 nitrogen and oxygen atoms in total. The lowest BCUT2D eigenvalue weighted by Crippen LogP contribution is -2.23. The summed E-state index contributed by atoms with van der Waals surface area (Å²) in [4.78, 5) is 0. The fourth-order valence-corrected chi connectivity index (χ4v) is 4.79. The topological polar surface area (TPSA) is 82.3 Å². The number of nitrogens with one attached hydrogen (secondary N) is 1. The zero-order chi connectivity index (χ0) is 21.1. The maximum Gasteiger partial charge on any atom is 0.148 e. The predicted molar refractivity (Wildman–Crippen MR) is 122 cm³/mol. The van der Waals surface area contributed by atoms with E-state index >= 15 is 0 Å². The molecule has 0 aliphatic heterocycles. The summed E-state index contributed by atoms with van der Waals surface area (Å²) >= 11 is 1.60. The van der Waals surface area contributed by atoms with Gasteiger partial charge in [0.2, 0.25) is 0 Å². The van der Waals surface area contributed by atoms with Gasteiger partial charge in [0, 0.05) is 30.8 Å². The molecule has 1 aliphatic carbocycles. The highest BCUT2D eigenvalue weighted by molar-refractivity contribution is 7.17.